The van der Waals surface area contributed by atoms with Crippen molar-refractivity contribution in [3.8, 4) is 6.07 Å². The predicted molar refractivity (Wildman–Crippen MR) is 58.4 cm³/mol. The van der Waals surface area contributed by atoms with Gasteiger partial charge < -0.3 is 4.74 Å². The molecule has 0 saturated heterocycles. The second-order valence-electron chi connectivity index (χ2n) is 3.05. The first-order valence-corrected chi connectivity index (χ1v) is 5.74. The molecule has 0 N–H and O–H groups in total. The van der Waals surface area contributed by atoms with Gasteiger partial charge in [-0.3, -0.25) is 4.79 Å². The zero-order valence-corrected chi connectivity index (χ0v) is 9.42. The molecule has 15 heavy (non-hydrogen) atoms. The zero-order chi connectivity index (χ0) is 11.1. The standard InChI is InChI=1S/C11H13NO2S/c1-2-14-11(13)9(8-12)5-6-10-4-3-7-15-10/h3-4,7,9H,2,5-6H2,1H3. The van der Waals surface area contributed by atoms with Crippen molar-refractivity contribution in [2.24, 2.45) is 5.92 Å². The number of hydrogen-bond acceptors (Lipinski definition) is 4. The van der Waals surface area contributed by atoms with Gasteiger partial charge in [0.15, 0.2) is 0 Å². The molecule has 1 rings (SSSR count). The lowest BCUT2D eigenvalue weighted by Crippen LogP contribution is -2.16. The Balaban J connectivity index is 2.41. The van der Waals surface area contributed by atoms with Crippen LogP contribution in [0.15, 0.2) is 17.5 Å². The molecular weight excluding hydrogens is 210 g/mol. The van der Waals surface area contributed by atoms with Gasteiger partial charge in [0.25, 0.3) is 0 Å². The molecule has 3 nitrogen and oxygen atoms in total. The Bertz CT molecular complexity index is 340. The lowest BCUT2D eigenvalue weighted by molar-refractivity contribution is -0.146. The van der Waals surface area contributed by atoms with Gasteiger partial charge in [0, 0.05) is 4.88 Å². The SMILES string of the molecule is CCOC(=O)C(C#N)CCc1cccs1. The first-order chi connectivity index (χ1) is 7.27. The van der Waals surface area contributed by atoms with Crippen molar-refractivity contribution in [3.05, 3.63) is 22.4 Å². The number of nitrogens with zero attached hydrogens (tertiary/aromatic N) is 1. The molecule has 0 aliphatic carbocycles. The van der Waals surface area contributed by atoms with E-state index < -0.39 is 11.9 Å². The maximum absolute atomic E-state index is 11.3. The highest BCUT2D eigenvalue weighted by Crippen LogP contribution is 2.15. The molecule has 0 aliphatic rings. The molecule has 1 aromatic heterocycles. The van der Waals surface area contributed by atoms with E-state index in [1.807, 2.05) is 23.6 Å². The Hall–Kier alpha value is -1.34. The second kappa shape index (κ2) is 6.20. The molecule has 0 aliphatic heterocycles. The number of carbonyl (C=O) groups is 1. The van der Waals surface area contributed by atoms with E-state index in [0.717, 1.165) is 6.42 Å². The summed E-state index contributed by atoms with van der Waals surface area (Å²) in [4.78, 5) is 12.5. The third-order valence-corrected chi connectivity index (χ3v) is 2.92. The number of thiophene rings is 1. The largest absolute Gasteiger partial charge is 0.465 e. The van der Waals surface area contributed by atoms with Gasteiger partial charge in [0.1, 0.15) is 5.92 Å². The maximum atomic E-state index is 11.3. The molecule has 0 fully saturated rings. The van der Waals surface area contributed by atoms with E-state index in [1.54, 1.807) is 18.3 Å². The van der Waals surface area contributed by atoms with Crippen LogP contribution in [0.25, 0.3) is 0 Å². The van der Waals surface area contributed by atoms with Gasteiger partial charge in [-0.1, -0.05) is 6.07 Å². The van der Waals surface area contributed by atoms with Crippen LogP contribution in [0, 0.1) is 17.2 Å². The normalized spacial score (nSPS) is 11.7. The molecule has 1 unspecified atom stereocenters. The minimum Gasteiger partial charge on any atom is -0.465 e. The maximum Gasteiger partial charge on any atom is 0.323 e. The van der Waals surface area contributed by atoms with Crippen molar-refractivity contribution >= 4 is 17.3 Å². The van der Waals surface area contributed by atoms with Crippen molar-refractivity contribution in [3.63, 3.8) is 0 Å². The minimum atomic E-state index is -0.632. The number of esters is 1. The van der Waals surface area contributed by atoms with Crippen molar-refractivity contribution in [1.29, 1.82) is 5.26 Å². The molecular formula is C11H13NO2S. The highest BCUT2D eigenvalue weighted by molar-refractivity contribution is 7.09. The van der Waals surface area contributed by atoms with Crippen LogP contribution in [0.4, 0.5) is 0 Å². The number of rotatable bonds is 5. The lowest BCUT2D eigenvalue weighted by atomic mass is 10.0. The fourth-order valence-electron chi connectivity index (χ4n) is 1.22. The van der Waals surface area contributed by atoms with E-state index in [0.29, 0.717) is 13.0 Å². The number of hydrogen-bond donors (Lipinski definition) is 0. The van der Waals surface area contributed by atoms with Gasteiger partial charge in [-0.15, -0.1) is 11.3 Å². The molecule has 1 aromatic rings. The Morgan fingerprint density at radius 3 is 3.07 bits per heavy atom. The Morgan fingerprint density at radius 1 is 1.73 bits per heavy atom. The molecule has 0 spiro atoms. The molecule has 0 radical (unpaired) electrons. The highest BCUT2D eigenvalue weighted by atomic mass is 32.1. The zero-order valence-electron chi connectivity index (χ0n) is 8.60. The summed E-state index contributed by atoms with van der Waals surface area (Å²) in [5.41, 5.74) is 0. The third kappa shape index (κ3) is 3.72. The summed E-state index contributed by atoms with van der Waals surface area (Å²) in [6.45, 7) is 2.07. The average Bonchev–Trinajstić information content (AvgIpc) is 2.72. The summed E-state index contributed by atoms with van der Waals surface area (Å²) < 4.78 is 4.81. The van der Waals surface area contributed by atoms with Crippen LogP contribution in [-0.4, -0.2) is 12.6 Å². The molecule has 0 amide bonds. The molecule has 1 atom stereocenters. The molecule has 4 heteroatoms. The Morgan fingerprint density at radius 2 is 2.53 bits per heavy atom. The average molecular weight is 223 g/mol. The van der Waals surface area contributed by atoms with Crippen LogP contribution in [0.3, 0.4) is 0 Å². The van der Waals surface area contributed by atoms with Crippen LogP contribution < -0.4 is 0 Å². The van der Waals surface area contributed by atoms with Gasteiger partial charge in [0.05, 0.1) is 12.7 Å². The van der Waals surface area contributed by atoms with Crippen LogP contribution in [-0.2, 0) is 16.0 Å². The Labute approximate surface area is 93.3 Å². The van der Waals surface area contributed by atoms with Crippen LogP contribution >= 0.6 is 11.3 Å². The monoisotopic (exact) mass is 223 g/mol. The smallest absolute Gasteiger partial charge is 0.323 e. The molecule has 80 valence electrons. The van der Waals surface area contributed by atoms with Crippen LogP contribution in [0.5, 0.6) is 0 Å². The number of aryl methyl sites for hydroxylation is 1. The fraction of sp³-hybridized carbons (Fsp3) is 0.455. The lowest BCUT2D eigenvalue weighted by Gasteiger charge is -2.06. The molecule has 0 saturated carbocycles. The van der Waals surface area contributed by atoms with Gasteiger partial charge in [-0.05, 0) is 31.2 Å². The summed E-state index contributed by atoms with van der Waals surface area (Å²) in [6.07, 6.45) is 1.30. The van der Waals surface area contributed by atoms with Crippen LogP contribution in [0.1, 0.15) is 18.2 Å². The summed E-state index contributed by atoms with van der Waals surface area (Å²) in [5, 5.41) is 10.8. The van der Waals surface area contributed by atoms with Gasteiger partial charge in [0.2, 0.25) is 0 Å². The quantitative estimate of drug-likeness (QED) is 0.720. The fourth-order valence-corrected chi connectivity index (χ4v) is 1.94. The van der Waals surface area contributed by atoms with Crippen molar-refractivity contribution in [1.82, 2.24) is 0 Å². The number of carbonyl (C=O) groups excluding carboxylic acids is 1. The topological polar surface area (TPSA) is 50.1 Å². The number of ether oxygens (including phenoxy) is 1. The summed E-state index contributed by atoms with van der Waals surface area (Å²) >= 11 is 1.64. The predicted octanol–water partition coefficient (Wildman–Crippen LogP) is 2.38. The minimum absolute atomic E-state index is 0.329. The van der Waals surface area contributed by atoms with E-state index in [9.17, 15) is 4.79 Å². The van der Waals surface area contributed by atoms with E-state index in [1.165, 1.54) is 4.88 Å². The second-order valence-corrected chi connectivity index (χ2v) is 4.08. The van der Waals surface area contributed by atoms with Gasteiger partial charge in [-0.2, -0.15) is 5.26 Å². The summed E-state index contributed by atoms with van der Waals surface area (Å²) in [6, 6.07) is 5.95. The Kier molecular flexibility index (Phi) is 4.85. The van der Waals surface area contributed by atoms with Gasteiger partial charge >= 0.3 is 5.97 Å². The van der Waals surface area contributed by atoms with E-state index in [4.69, 9.17) is 10.00 Å². The summed E-state index contributed by atoms with van der Waals surface area (Å²) in [7, 11) is 0. The first kappa shape index (κ1) is 11.7. The van der Waals surface area contributed by atoms with Crippen molar-refractivity contribution in [2.75, 3.05) is 6.61 Å². The molecule has 0 aromatic carbocycles. The van der Waals surface area contributed by atoms with E-state index in [2.05, 4.69) is 0 Å². The van der Waals surface area contributed by atoms with E-state index in [-0.39, 0.29) is 0 Å². The molecule has 1 heterocycles. The first-order valence-electron chi connectivity index (χ1n) is 4.86. The third-order valence-electron chi connectivity index (χ3n) is 1.99. The van der Waals surface area contributed by atoms with Crippen molar-refractivity contribution in [2.45, 2.75) is 19.8 Å². The van der Waals surface area contributed by atoms with Crippen molar-refractivity contribution < 1.29 is 9.53 Å². The van der Waals surface area contributed by atoms with E-state index >= 15 is 0 Å². The van der Waals surface area contributed by atoms with Gasteiger partial charge in [-0.25, -0.2) is 0 Å². The number of nitriles is 1. The highest BCUT2D eigenvalue weighted by Gasteiger charge is 2.18. The molecule has 0 bridgehead atoms. The van der Waals surface area contributed by atoms with Crippen LogP contribution in [0.2, 0.25) is 0 Å². The summed E-state index contributed by atoms with van der Waals surface area (Å²) in [5.74, 6) is -1.04.